The van der Waals surface area contributed by atoms with Crippen LogP contribution in [-0.4, -0.2) is 22.8 Å². The zero-order valence-corrected chi connectivity index (χ0v) is 7.24. The van der Waals surface area contributed by atoms with Crippen molar-refractivity contribution in [2.75, 3.05) is 6.61 Å². The van der Waals surface area contributed by atoms with Gasteiger partial charge in [-0.05, 0) is 13.0 Å². The molecular formula is C8H10N2O3. The van der Waals surface area contributed by atoms with E-state index in [2.05, 4.69) is 14.9 Å². The van der Waals surface area contributed by atoms with Crippen LogP contribution in [0.4, 0.5) is 0 Å². The van der Waals surface area contributed by atoms with Crippen LogP contribution in [0.15, 0.2) is 17.1 Å². The van der Waals surface area contributed by atoms with Gasteiger partial charge in [-0.2, -0.15) is 5.10 Å². The summed E-state index contributed by atoms with van der Waals surface area (Å²) in [5.41, 5.74) is 0.0176. The van der Waals surface area contributed by atoms with Crippen LogP contribution in [0.25, 0.3) is 0 Å². The van der Waals surface area contributed by atoms with Crippen LogP contribution in [0.5, 0.6) is 0 Å². The van der Waals surface area contributed by atoms with Crippen LogP contribution in [-0.2, 0) is 16.0 Å². The minimum atomic E-state index is -0.404. The summed E-state index contributed by atoms with van der Waals surface area (Å²) in [5.74, 6) is -0.404. The summed E-state index contributed by atoms with van der Waals surface area (Å²) in [4.78, 5) is 22.0. The summed E-state index contributed by atoms with van der Waals surface area (Å²) < 4.78 is 4.69. The Labute approximate surface area is 74.7 Å². The molecule has 1 heterocycles. The Balaban J connectivity index is 2.69. The zero-order chi connectivity index (χ0) is 9.68. The molecule has 0 atom stereocenters. The number of carbonyl (C=O) groups is 1. The second-order valence-electron chi connectivity index (χ2n) is 2.39. The molecule has 0 aromatic carbocycles. The van der Waals surface area contributed by atoms with Crippen LogP contribution >= 0.6 is 0 Å². The second kappa shape index (κ2) is 4.39. The van der Waals surface area contributed by atoms with Crippen molar-refractivity contribution in [1.82, 2.24) is 10.2 Å². The monoisotopic (exact) mass is 182 g/mol. The number of carbonyl (C=O) groups excluding carboxylic acids is 1. The minimum Gasteiger partial charge on any atom is -0.466 e. The summed E-state index contributed by atoms with van der Waals surface area (Å²) in [6.07, 6.45) is 1.42. The molecule has 0 aliphatic carbocycles. The fraction of sp³-hybridized carbons (Fsp3) is 0.375. The normalized spacial score (nSPS) is 9.62. The van der Waals surface area contributed by atoms with Crippen LogP contribution in [0.2, 0.25) is 0 Å². The second-order valence-corrected chi connectivity index (χ2v) is 2.39. The predicted molar refractivity (Wildman–Crippen MR) is 45.2 cm³/mol. The van der Waals surface area contributed by atoms with E-state index >= 15 is 0 Å². The van der Waals surface area contributed by atoms with Gasteiger partial charge in [0.25, 0.3) is 5.56 Å². The van der Waals surface area contributed by atoms with Crippen LogP contribution in [0.1, 0.15) is 12.5 Å². The van der Waals surface area contributed by atoms with E-state index in [9.17, 15) is 9.59 Å². The average molecular weight is 182 g/mol. The van der Waals surface area contributed by atoms with E-state index in [0.29, 0.717) is 12.2 Å². The Bertz CT molecular complexity index is 345. The third-order valence-corrected chi connectivity index (χ3v) is 1.45. The Morgan fingerprint density at radius 1 is 1.69 bits per heavy atom. The Kier molecular flexibility index (Phi) is 3.19. The van der Waals surface area contributed by atoms with Crippen molar-refractivity contribution < 1.29 is 9.53 Å². The molecule has 0 bridgehead atoms. The van der Waals surface area contributed by atoms with E-state index in [4.69, 9.17) is 0 Å². The number of esters is 1. The van der Waals surface area contributed by atoms with Crippen LogP contribution in [0, 0.1) is 0 Å². The van der Waals surface area contributed by atoms with Crippen molar-refractivity contribution in [3.8, 4) is 0 Å². The molecule has 1 N–H and O–H groups in total. The van der Waals surface area contributed by atoms with Gasteiger partial charge in [0.1, 0.15) is 0 Å². The van der Waals surface area contributed by atoms with Gasteiger partial charge in [-0.25, -0.2) is 5.10 Å². The highest BCUT2D eigenvalue weighted by atomic mass is 16.5. The van der Waals surface area contributed by atoms with Crippen molar-refractivity contribution in [1.29, 1.82) is 0 Å². The Morgan fingerprint density at radius 3 is 3.08 bits per heavy atom. The highest BCUT2D eigenvalue weighted by Crippen LogP contribution is 1.92. The van der Waals surface area contributed by atoms with Crippen LogP contribution < -0.4 is 5.56 Å². The third-order valence-electron chi connectivity index (χ3n) is 1.45. The van der Waals surface area contributed by atoms with Gasteiger partial charge in [-0.3, -0.25) is 9.59 Å². The van der Waals surface area contributed by atoms with Gasteiger partial charge in [-0.1, -0.05) is 0 Å². The number of hydrogen-bond donors (Lipinski definition) is 1. The maximum Gasteiger partial charge on any atom is 0.310 e. The number of ether oxygens (including phenoxy) is 1. The molecule has 0 fully saturated rings. The maximum absolute atomic E-state index is 11.0. The molecule has 0 unspecified atom stereocenters. The van der Waals surface area contributed by atoms with Gasteiger partial charge in [0.05, 0.1) is 13.0 Å². The van der Waals surface area contributed by atoms with Gasteiger partial charge in [0.15, 0.2) is 0 Å². The van der Waals surface area contributed by atoms with Crippen LogP contribution in [0.3, 0.4) is 0 Å². The first kappa shape index (κ1) is 9.44. The van der Waals surface area contributed by atoms with Gasteiger partial charge in [0.2, 0.25) is 0 Å². The van der Waals surface area contributed by atoms with Gasteiger partial charge in [0, 0.05) is 11.8 Å². The molecule has 0 aliphatic rings. The lowest BCUT2D eigenvalue weighted by Gasteiger charge is -1.99. The number of aromatic amines is 1. The lowest BCUT2D eigenvalue weighted by Crippen LogP contribution is -2.18. The molecule has 0 amide bonds. The molecule has 5 heteroatoms. The molecule has 0 saturated carbocycles. The van der Waals surface area contributed by atoms with E-state index in [1.165, 1.54) is 12.3 Å². The SMILES string of the molecule is CCOC(=O)Cc1ccn[nH]c1=O. The smallest absolute Gasteiger partial charge is 0.310 e. The zero-order valence-electron chi connectivity index (χ0n) is 7.24. The van der Waals surface area contributed by atoms with Crippen molar-refractivity contribution in [3.63, 3.8) is 0 Å². The van der Waals surface area contributed by atoms with E-state index in [1.807, 2.05) is 0 Å². The molecule has 0 saturated heterocycles. The molecule has 1 aromatic rings. The number of hydrogen-bond acceptors (Lipinski definition) is 4. The van der Waals surface area contributed by atoms with Crippen molar-refractivity contribution in [2.24, 2.45) is 0 Å². The van der Waals surface area contributed by atoms with Crippen molar-refractivity contribution >= 4 is 5.97 Å². The molecule has 13 heavy (non-hydrogen) atoms. The lowest BCUT2D eigenvalue weighted by atomic mass is 10.2. The highest BCUT2D eigenvalue weighted by molar-refractivity contribution is 5.72. The molecule has 1 rings (SSSR count). The third kappa shape index (κ3) is 2.70. The molecular weight excluding hydrogens is 172 g/mol. The summed E-state index contributed by atoms with van der Waals surface area (Å²) in [6.45, 7) is 2.04. The van der Waals surface area contributed by atoms with E-state index in [1.54, 1.807) is 6.92 Å². The summed E-state index contributed by atoms with van der Waals surface area (Å²) in [7, 11) is 0. The molecule has 0 radical (unpaired) electrons. The fourth-order valence-electron chi connectivity index (χ4n) is 0.877. The van der Waals surface area contributed by atoms with E-state index in [-0.39, 0.29) is 12.0 Å². The highest BCUT2D eigenvalue weighted by Gasteiger charge is 2.06. The Hall–Kier alpha value is -1.65. The molecule has 70 valence electrons. The summed E-state index contributed by atoms with van der Waals surface area (Å²) in [6, 6.07) is 1.50. The molecule has 5 nitrogen and oxygen atoms in total. The summed E-state index contributed by atoms with van der Waals surface area (Å²) in [5, 5.41) is 5.74. The quantitative estimate of drug-likeness (QED) is 0.661. The Morgan fingerprint density at radius 2 is 2.46 bits per heavy atom. The van der Waals surface area contributed by atoms with Gasteiger partial charge >= 0.3 is 5.97 Å². The number of aromatic nitrogens is 2. The number of H-pyrrole nitrogens is 1. The number of nitrogens with zero attached hydrogens (tertiary/aromatic N) is 1. The first-order valence-electron chi connectivity index (χ1n) is 3.92. The standard InChI is InChI=1S/C8H10N2O3/c1-2-13-7(11)5-6-3-4-9-10-8(6)12/h3-4H,2,5H2,1H3,(H,10,12). The maximum atomic E-state index is 11.0. The summed E-state index contributed by atoms with van der Waals surface area (Å²) >= 11 is 0. The number of nitrogens with one attached hydrogen (secondary N) is 1. The molecule has 1 aromatic heterocycles. The van der Waals surface area contributed by atoms with E-state index < -0.39 is 5.97 Å². The first-order chi connectivity index (χ1) is 6.24. The van der Waals surface area contributed by atoms with Crippen molar-refractivity contribution in [2.45, 2.75) is 13.3 Å². The molecule has 0 spiro atoms. The topological polar surface area (TPSA) is 72.0 Å². The first-order valence-corrected chi connectivity index (χ1v) is 3.92. The van der Waals surface area contributed by atoms with Crippen molar-refractivity contribution in [3.05, 3.63) is 28.2 Å². The average Bonchev–Trinajstić information content (AvgIpc) is 2.09. The predicted octanol–water partition coefficient (Wildman–Crippen LogP) is -0.124. The number of rotatable bonds is 3. The van der Waals surface area contributed by atoms with Gasteiger partial charge in [-0.15, -0.1) is 0 Å². The van der Waals surface area contributed by atoms with Gasteiger partial charge < -0.3 is 4.74 Å². The minimum absolute atomic E-state index is 0.00824. The van der Waals surface area contributed by atoms with E-state index in [0.717, 1.165) is 0 Å². The lowest BCUT2D eigenvalue weighted by molar-refractivity contribution is -0.142. The molecule has 0 aliphatic heterocycles. The fourth-order valence-corrected chi connectivity index (χ4v) is 0.877. The largest absolute Gasteiger partial charge is 0.466 e.